The quantitative estimate of drug-likeness (QED) is 0.244. The Balaban J connectivity index is 1.54. The molecule has 0 aliphatic heterocycles. The third kappa shape index (κ3) is 3.10. The summed E-state index contributed by atoms with van der Waals surface area (Å²) in [5.41, 5.74) is 7.00. The lowest BCUT2D eigenvalue weighted by atomic mass is 10.0. The van der Waals surface area contributed by atoms with Crippen molar-refractivity contribution >= 4 is 38.5 Å². The molecule has 0 saturated heterocycles. The molecule has 0 fully saturated rings. The van der Waals surface area contributed by atoms with Crippen LogP contribution in [0.4, 0.5) is 0 Å². The normalized spacial score (nSPS) is 11.4. The first-order valence-electron chi connectivity index (χ1n) is 12.1. The zero-order valence-corrected chi connectivity index (χ0v) is 19.5. The molecule has 0 amide bonds. The molecule has 5 aromatic carbocycles. The van der Waals surface area contributed by atoms with Crippen molar-refractivity contribution in [2.75, 3.05) is 0 Å². The maximum Gasteiger partial charge on any atom is 0.193 e. The number of fused-ring (bicyclic) bond motifs is 5. The minimum Gasteiger partial charge on any atom is -0.316 e. The molecule has 0 saturated carbocycles. The Kier molecular flexibility index (Phi) is 4.61. The molecule has 36 heavy (non-hydrogen) atoms. The number of ketones is 1. The Hall–Kier alpha value is -4.89. The lowest BCUT2D eigenvalue weighted by Gasteiger charge is -2.09. The predicted molar refractivity (Wildman–Crippen MR) is 147 cm³/mol. The van der Waals surface area contributed by atoms with Gasteiger partial charge in [0, 0.05) is 44.9 Å². The first-order chi connectivity index (χ1) is 17.8. The summed E-state index contributed by atoms with van der Waals surface area (Å²) in [5, 5.41) is 3.38. The molecule has 2 aromatic heterocycles. The van der Waals surface area contributed by atoms with Crippen molar-refractivity contribution in [1.29, 1.82) is 0 Å². The molecule has 0 aliphatic carbocycles. The highest BCUT2D eigenvalue weighted by Gasteiger charge is 2.19. The number of rotatable bonds is 4. The summed E-state index contributed by atoms with van der Waals surface area (Å²) < 4.78 is 4.55. The second-order valence-corrected chi connectivity index (χ2v) is 9.01. The number of aromatic nitrogens is 2. The van der Waals surface area contributed by atoms with Crippen LogP contribution in [0, 0.1) is 0 Å². The zero-order chi connectivity index (χ0) is 24.1. The third-order valence-corrected chi connectivity index (χ3v) is 6.94. The fourth-order valence-electron chi connectivity index (χ4n) is 5.28. The standard InChI is InChI=1S/C33H22N2O/c36-33(23-10-4-1-5-11-23)24-16-18-31-29(22-24)27-17-19-30-28(20-21-34(30)25-12-6-2-7-13-25)32(27)35(31)26-14-8-3-9-15-26/h1-22H. The summed E-state index contributed by atoms with van der Waals surface area (Å²) in [7, 11) is 0. The summed E-state index contributed by atoms with van der Waals surface area (Å²) in [5.74, 6) is 0.0365. The SMILES string of the molecule is O=C(c1ccccc1)c1ccc2c(c1)c1ccc3c(ccn3-c3ccccc3)c1n2-c1ccccc1. The Labute approximate surface area is 208 Å². The van der Waals surface area contributed by atoms with E-state index in [9.17, 15) is 4.79 Å². The van der Waals surface area contributed by atoms with Gasteiger partial charge in [0.2, 0.25) is 0 Å². The highest BCUT2D eigenvalue weighted by atomic mass is 16.1. The fraction of sp³-hybridized carbons (Fsp3) is 0. The molecule has 0 unspecified atom stereocenters. The first-order valence-corrected chi connectivity index (χ1v) is 12.1. The van der Waals surface area contributed by atoms with E-state index in [1.165, 1.54) is 5.39 Å². The van der Waals surface area contributed by atoms with Crippen LogP contribution in [0.2, 0.25) is 0 Å². The summed E-state index contributed by atoms with van der Waals surface area (Å²) in [4.78, 5) is 13.3. The van der Waals surface area contributed by atoms with Crippen LogP contribution in [-0.2, 0) is 0 Å². The number of nitrogens with zero attached hydrogens (tertiary/aromatic N) is 2. The molecular formula is C33H22N2O. The molecule has 0 bridgehead atoms. The molecule has 7 aromatic rings. The molecule has 7 rings (SSSR count). The lowest BCUT2D eigenvalue weighted by Crippen LogP contribution is -2.01. The average molecular weight is 463 g/mol. The minimum absolute atomic E-state index is 0.0365. The summed E-state index contributed by atoms with van der Waals surface area (Å²) in [6, 6.07) is 43.0. The van der Waals surface area contributed by atoms with Crippen LogP contribution in [0.3, 0.4) is 0 Å². The molecule has 0 radical (unpaired) electrons. The van der Waals surface area contributed by atoms with Crippen molar-refractivity contribution in [3.63, 3.8) is 0 Å². The molecule has 3 nitrogen and oxygen atoms in total. The monoisotopic (exact) mass is 462 g/mol. The van der Waals surface area contributed by atoms with Gasteiger partial charge in [0.1, 0.15) is 0 Å². The van der Waals surface area contributed by atoms with Crippen molar-refractivity contribution in [2.24, 2.45) is 0 Å². The molecule has 3 heteroatoms. The zero-order valence-electron chi connectivity index (χ0n) is 19.5. The van der Waals surface area contributed by atoms with E-state index in [-0.39, 0.29) is 5.78 Å². The number of benzene rings is 5. The van der Waals surface area contributed by atoms with E-state index in [2.05, 4.69) is 88.1 Å². The van der Waals surface area contributed by atoms with Crippen LogP contribution in [-0.4, -0.2) is 14.9 Å². The van der Waals surface area contributed by atoms with Crippen LogP contribution in [0.1, 0.15) is 15.9 Å². The average Bonchev–Trinajstić information content (AvgIpc) is 3.53. The minimum atomic E-state index is 0.0365. The van der Waals surface area contributed by atoms with Crippen molar-refractivity contribution in [3.8, 4) is 11.4 Å². The molecule has 0 N–H and O–H groups in total. The van der Waals surface area contributed by atoms with Gasteiger partial charge in [-0.15, -0.1) is 0 Å². The van der Waals surface area contributed by atoms with Crippen LogP contribution in [0.5, 0.6) is 0 Å². The Morgan fingerprint density at radius 3 is 1.86 bits per heavy atom. The van der Waals surface area contributed by atoms with E-state index in [4.69, 9.17) is 0 Å². The summed E-state index contributed by atoms with van der Waals surface area (Å²) in [6.07, 6.45) is 2.14. The number of para-hydroxylation sites is 2. The second kappa shape index (κ2) is 8.10. The van der Waals surface area contributed by atoms with E-state index >= 15 is 0 Å². The number of hydrogen-bond donors (Lipinski definition) is 0. The first kappa shape index (κ1) is 20.5. The van der Waals surface area contributed by atoms with Gasteiger partial charge in [-0.05, 0) is 54.6 Å². The maximum absolute atomic E-state index is 13.3. The maximum atomic E-state index is 13.3. The summed E-state index contributed by atoms with van der Waals surface area (Å²) >= 11 is 0. The Morgan fingerprint density at radius 2 is 1.14 bits per heavy atom. The van der Waals surface area contributed by atoms with Gasteiger partial charge in [0.05, 0.1) is 16.6 Å². The van der Waals surface area contributed by atoms with E-state index in [1.807, 2.05) is 54.6 Å². The van der Waals surface area contributed by atoms with Gasteiger partial charge in [-0.1, -0.05) is 72.8 Å². The van der Waals surface area contributed by atoms with Crippen LogP contribution in [0.15, 0.2) is 134 Å². The predicted octanol–water partition coefficient (Wildman–Crippen LogP) is 7.96. The van der Waals surface area contributed by atoms with Gasteiger partial charge in [0.15, 0.2) is 5.78 Å². The fourth-order valence-corrected chi connectivity index (χ4v) is 5.28. The number of hydrogen-bond acceptors (Lipinski definition) is 1. The van der Waals surface area contributed by atoms with Gasteiger partial charge < -0.3 is 9.13 Å². The number of carbonyl (C=O) groups is 1. The molecular weight excluding hydrogens is 440 g/mol. The van der Waals surface area contributed by atoms with Crippen molar-refractivity contribution in [3.05, 3.63) is 145 Å². The molecule has 0 atom stereocenters. The van der Waals surface area contributed by atoms with Crippen molar-refractivity contribution < 1.29 is 4.79 Å². The lowest BCUT2D eigenvalue weighted by molar-refractivity contribution is 0.103. The molecule has 2 heterocycles. The Bertz CT molecular complexity index is 1880. The van der Waals surface area contributed by atoms with Gasteiger partial charge in [-0.3, -0.25) is 4.79 Å². The Morgan fingerprint density at radius 1 is 0.500 bits per heavy atom. The molecule has 170 valence electrons. The van der Waals surface area contributed by atoms with E-state index in [0.29, 0.717) is 11.1 Å². The smallest absolute Gasteiger partial charge is 0.193 e. The molecule has 0 spiro atoms. The van der Waals surface area contributed by atoms with Crippen LogP contribution in [0.25, 0.3) is 44.1 Å². The van der Waals surface area contributed by atoms with E-state index < -0.39 is 0 Å². The topological polar surface area (TPSA) is 26.9 Å². The van der Waals surface area contributed by atoms with Crippen LogP contribution < -0.4 is 0 Å². The van der Waals surface area contributed by atoms with Gasteiger partial charge >= 0.3 is 0 Å². The van der Waals surface area contributed by atoms with Crippen molar-refractivity contribution in [2.45, 2.75) is 0 Å². The highest BCUT2D eigenvalue weighted by molar-refractivity contribution is 6.20. The van der Waals surface area contributed by atoms with Gasteiger partial charge in [-0.2, -0.15) is 0 Å². The van der Waals surface area contributed by atoms with E-state index in [1.54, 1.807) is 0 Å². The highest BCUT2D eigenvalue weighted by Crippen LogP contribution is 2.38. The van der Waals surface area contributed by atoms with Gasteiger partial charge in [0.25, 0.3) is 0 Å². The third-order valence-electron chi connectivity index (χ3n) is 6.94. The second-order valence-electron chi connectivity index (χ2n) is 9.01. The largest absolute Gasteiger partial charge is 0.316 e. The molecule has 0 aliphatic rings. The number of carbonyl (C=O) groups excluding carboxylic acids is 1. The van der Waals surface area contributed by atoms with Crippen molar-refractivity contribution in [1.82, 2.24) is 9.13 Å². The summed E-state index contributed by atoms with van der Waals surface area (Å²) in [6.45, 7) is 0. The van der Waals surface area contributed by atoms with Gasteiger partial charge in [-0.25, -0.2) is 0 Å². The van der Waals surface area contributed by atoms with E-state index in [0.717, 1.165) is 38.7 Å². The van der Waals surface area contributed by atoms with Crippen LogP contribution >= 0.6 is 0 Å².